The van der Waals surface area contributed by atoms with Crippen molar-refractivity contribution < 1.29 is 51.2 Å². The Morgan fingerprint density at radius 2 is 1.77 bits per heavy atom. The second-order valence-corrected chi connectivity index (χ2v) is 13.4. The van der Waals surface area contributed by atoms with E-state index in [2.05, 4.69) is 0 Å². The lowest BCUT2D eigenvalue weighted by Crippen LogP contribution is -2.57. The summed E-state index contributed by atoms with van der Waals surface area (Å²) < 4.78 is 71.4. The van der Waals surface area contributed by atoms with Gasteiger partial charge in [-0.1, -0.05) is 0 Å². The lowest BCUT2D eigenvalue weighted by atomic mass is 9.96. The molecule has 0 radical (unpaired) electrons. The van der Waals surface area contributed by atoms with Crippen molar-refractivity contribution in [2.45, 2.75) is 96.7 Å². The third-order valence-electron chi connectivity index (χ3n) is 7.98. The molecule has 2 aliphatic heterocycles. The molecule has 2 aliphatic rings. The van der Waals surface area contributed by atoms with Crippen LogP contribution in [0.3, 0.4) is 0 Å². The molecule has 1 saturated heterocycles. The average molecular weight is 674 g/mol. The summed E-state index contributed by atoms with van der Waals surface area (Å²) in [5.74, 6) is -1.53. The molecule has 11 nitrogen and oxygen atoms in total. The van der Waals surface area contributed by atoms with Crippen LogP contribution in [0, 0.1) is 0 Å². The highest BCUT2D eigenvalue weighted by Gasteiger charge is 2.48. The molecule has 3 amide bonds. The fraction of sp³-hybridized carbons (Fsp3) is 0.727. The number of fused-ring (bicyclic) bond motifs is 1. The number of carbonyl (C=O) groups is 3. The highest BCUT2D eigenvalue weighted by molar-refractivity contribution is 6.05. The molecule has 0 aromatic heterocycles. The number of likely N-dealkylation sites (tertiary alicyclic amines) is 1. The number of nitrogens with zero attached hydrogens (tertiary/aromatic N) is 3. The normalized spacial score (nSPS) is 20.3. The number of alkyl halides is 3. The number of methoxy groups -OCH3 is 2. The summed E-state index contributed by atoms with van der Waals surface area (Å²) in [6.45, 7) is 11.5. The summed E-state index contributed by atoms with van der Waals surface area (Å²) in [7, 11) is 3.05. The summed E-state index contributed by atoms with van der Waals surface area (Å²) in [6, 6.07) is 0.858. The van der Waals surface area contributed by atoms with Crippen LogP contribution >= 0.6 is 0 Å². The second-order valence-electron chi connectivity index (χ2n) is 13.4. The van der Waals surface area contributed by atoms with E-state index in [4.69, 9.17) is 23.7 Å². The minimum Gasteiger partial charge on any atom is -0.473 e. The van der Waals surface area contributed by atoms with E-state index in [1.54, 1.807) is 41.7 Å². The van der Waals surface area contributed by atoms with E-state index in [-0.39, 0.29) is 44.3 Å². The highest BCUT2D eigenvalue weighted by atomic mass is 19.4. The van der Waals surface area contributed by atoms with Gasteiger partial charge in [0.25, 0.3) is 11.8 Å². The Balaban J connectivity index is 2.06. The Bertz CT molecular complexity index is 1250. The Morgan fingerprint density at radius 3 is 2.36 bits per heavy atom. The van der Waals surface area contributed by atoms with Gasteiger partial charge in [-0.15, -0.1) is 0 Å². The number of rotatable bonds is 13. The van der Waals surface area contributed by atoms with E-state index in [1.807, 2.05) is 0 Å². The van der Waals surface area contributed by atoms with Crippen LogP contribution in [-0.4, -0.2) is 111 Å². The van der Waals surface area contributed by atoms with E-state index in [9.17, 15) is 27.6 Å². The Labute approximate surface area is 275 Å². The minimum absolute atomic E-state index is 0.0702. The van der Waals surface area contributed by atoms with Gasteiger partial charge < -0.3 is 38.4 Å². The monoisotopic (exact) mass is 673 g/mol. The van der Waals surface area contributed by atoms with Crippen molar-refractivity contribution in [1.82, 2.24) is 9.80 Å². The number of halogens is 3. The quantitative estimate of drug-likeness (QED) is 0.252. The molecule has 1 unspecified atom stereocenters. The summed E-state index contributed by atoms with van der Waals surface area (Å²) in [5, 5.41) is 0. The van der Waals surface area contributed by atoms with Crippen LogP contribution in [0.2, 0.25) is 0 Å². The van der Waals surface area contributed by atoms with E-state index in [0.29, 0.717) is 38.8 Å². The van der Waals surface area contributed by atoms with Gasteiger partial charge in [-0.05, 0) is 79.4 Å². The predicted molar refractivity (Wildman–Crippen MR) is 169 cm³/mol. The standard InChI is InChI=1S/C33H50F3N3O8/c1-22(2)39(23-12-11-13-37(20-23)30(42)47-31(3,4)5)28(40)24-18-26-27(19-25(24)33(34,35)36)46-32(6,21-45-17-16-44-8)29(41)38(26)14-9-10-15-43-7/h18-19,22-23H,9-17,20-21H2,1-8H3/t23-,32?/m1/s1. The Kier molecular flexibility index (Phi) is 12.9. The molecule has 0 aliphatic carbocycles. The zero-order chi connectivity index (χ0) is 35.2. The summed E-state index contributed by atoms with van der Waals surface area (Å²) in [5.41, 5.74) is -4.06. The molecule has 47 heavy (non-hydrogen) atoms. The van der Waals surface area contributed by atoms with Crippen molar-refractivity contribution in [3.05, 3.63) is 23.3 Å². The molecular weight excluding hydrogens is 623 g/mol. The summed E-state index contributed by atoms with van der Waals surface area (Å²) in [4.78, 5) is 45.3. The minimum atomic E-state index is -4.92. The fourth-order valence-corrected chi connectivity index (χ4v) is 5.83. The van der Waals surface area contributed by atoms with Crippen molar-refractivity contribution in [3.8, 4) is 5.75 Å². The van der Waals surface area contributed by atoms with E-state index < -0.39 is 58.5 Å². The molecule has 3 rings (SSSR count). The maximum absolute atomic E-state index is 14.7. The third kappa shape index (κ3) is 9.73. The zero-order valence-corrected chi connectivity index (χ0v) is 28.8. The van der Waals surface area contributed by atoms with Gasteiger partial charge in [0, 0.05) is 46.5 Å². The van der Waals surface area contributed by atoms with Gasteiger partial charge in [0.05, 0.1) is 42.7 Å². The molecule has 2 atom stereocenters. The number of anilines is 1. The molecule has 0 N–H and O–H groups in total. The van der Waals surface area contributed by atoms with E-state index in [1.165, 1.54) is 28.7 Å². The first-order chi connectivity index (χ1) is 21.9. The fourth-order valence-electron chi connectivity index (χ4n) is 5.83. The topological polar surface area (TPSA) is 107 Å². The molecule has 1 aromatic carbocycles. The van der Waals surface area contributed by atoms with Gasteiger partial charge in [-0.3, -0.25) is 9.59 Å². The van der Waals surface area contributed by atoms with Crippen LogP contribution in [0.4, 0.5) is 23.7 Å². The number of piperidine rings is 1. The molecule has 2 heterocycles. The number of carbonyl (C=O) groups excluding carboxylic acids is 3. The first kappa shape index (κ1) is 38.3. The van der Waals surface area contributed by atoms with E-state index in [0.717, 1.165) is 12.1 Å². The first-order valence-corrected chi connectivity index (χ1v) is 16.1. The predicted octanol–water partition coefficient (Wildman–Crippen LogP) is 5.53. The van der Waals surface area contributed by atoms with Gasteiger partial charge in [0.2, 0.25) is 5.60 Å². The van der Waals surface area contributed by atoms with Crippen LogP contribution in [0.25, 0.3) is 0 Å². The van der Waals surface area contributed by atoms with Crippen LogP contribution in [-0.2, 0) is 29.9 Å². The van der Waals surface area contributed by atoms with E-state index >= 15 is 0 Å². The number of benzene rings is 1. The zero-order valence-electron chi connectivity index (χ0n) is 28.8. The maximum Gasteiger partial charge on any atom is 0.417 e. The van der Waals surface area contributed by atoms with Gasteiger partial charge in [0.15, 0.2) is 0 Å². The Morgan fingerprint density at radius 1 is 1.09 bits per heavy atom. The van der Waals surface area contributed by atoms with Gasteiger partial charge >= 0.3 is 12.3 Å². The average Bonchev–Trinajstić information content (AvgIpc) is 2.97. The van der Waals surface area contributed by atoms with Crippen molar-refractivity contribution >= 4 is 23.6 Å². The largest absolute Gasteiger partial charge is 0.473 e. The smallest absolute Gasteiger partial charge is 0.417 e. The number of amides is 3. The SMILES string of the molecule is COCCCCN1C(=O)C(C)(COCCOC)Oc2cc(C(F)(F)F)c(C(=O)N(C(C)C)[C@@H]3CCCN(C(=O)OC(C)(C)C)C3)cc21. The molecule has 0 bridgehead atoms. The number of hydrogen-bond acceptors (Lipinski definition) is 8. The molecule has 266 valence electrons. The van der Waals surface area contributed by atoms with Crippen molar-refractivity contribution in [1.29, 1.82) is 0 Å². The van der Waals surface area contributed by atoms with Gasteiger partial charge in [-0.25, -0.2) is 4.79 Å². The van der Waals surface area contributed by atoms with Crippen molar-refractivity contribution in [2.75, 3.05) is 65.2 Å². The van der Waals surface area contributed by atoms with Gasteiger partial charge in [-0.2, -0.15) is 13.2 Å². The van der Waals surface area contributed by atoms with Crippen molar-refractivity contribution in [3.63, 3.8) is 0 Å². The number of unbranched alkanes of at least 4 members (excludes halogenated alkanes) is 1. The second kappa shape index (κ2) is 15.9. The molecule has 1 aromatic rings. The maximum atomic E-state index is 14.7. The third-order valence-corrected chi connectivity index (χ3v) is 7.98. The molecule has 1 fully saturated rings. The molecule has 14 heteroatoms. The summed E-state index contributed by atoms with van der Waals surface area (Å²) >= 11 is 0. The van der Waals surface area contributed by atoms with Crippen LogP contribution in [0.15, 0.2) is 12.1 Å². The van der Waals surface area contributed by atoms with Crippen LogP contribution < -0.4 is 9.64 Å². The Hall–Kier alpha value is -3.10. The molecule has 0 saturated carbocycles. The number of ether oxygens (including phenoxy) is 5. The lowest BCUT2D eigenvalue weighted by Gasteiger charge is -2.43. The van der Waals surface area contributed by atoms with Gasteiger partial charge in [0.1, 0.15) is 11.4 Å². The highest BCUT2D eigenvalue weighted by Crippen LogP contribution is 2.45. The van der Waals surface area contributed by atoms with Crippen molar-refractivity contribution in [2.24, 2.45) is 0 Å². The lowest BCUT2D eigenvalue weighted by molar-refractivity contribution is -0.141. The first-order valence-electron chi connectivity index (χ1n) is 16.1. The van der Waals surface area contributed by atoms with Crippen LogP contribution in [0.1, 0.15) is 83.1 Å². The summed E-state index contributed by atoms with van der Waals surface area (Å²) in [6.07, 6.45) is -3.34. The van der Waals surface area contributed by atoms with Crippen LogP contribution in [0.5, 0.6) is 5.75 Å². The molecule has 0 spiro atoms. The number of hydrogen-bond donors (Lipinski definition) is 0. The molecular formula is C33H50F3N3O8.